The number of likely N-dealkylation sites (tertiary alicyclic amines) is 1. The molecule has 2 aromatic rings. The number of ketones is 1. The molecule has 1 saturated heterocycles. The number of urea groups is 1. The number of aryl methyl sites for hydroxylation is 1. The Morgan fingerprint density at radius 1 is 1.46 bits per heavy atom. The van der Waals surface area contributed by atoms with E-state index in [0.717, 1.165) is 11.5 Å². The van der Waals surface area contributed by atoms with Gasteiger partial charge in [-0.25, -0.2) is 4.79 Å². The van der Waals surface area contributed by atoms with E-state index in [-0.39, 0.29) is 18.2 Å². The van der Waals surface area contributed by atoms with E-state index in [1.54, 1.807) is 24.0 Å². The van der Waals surface area contributed by atoms with Gasteiger partial charge in [-0.15, -0.1) is 0 Å². The second-order valence-corrected chi connectivity index (χ2v) is 7.34. The smallest absolute Gasteiger partial charge is 0.322 e. The number of amides is 2. The van der Waals surface area contributed by atoms with Crippen molar-refractivity contribution in [2.75, 3.05) is 18.4 Å². The minimum atomic E-state index is -0.676. The van der Waals surface area contributed by atoms with E-state index in [2.05, 4.69) is 15.8 Å². The maximum atomic E-state index is 12.6. The molecule has 2 aliphatic heterocycles. The Morgan fingerprint density at radius 3 is 3.08 bits per heavy atom. The summed E-state index contributed by atoms with van der Waals surface area (Å²) in [7, 11) is 0. The van der Waals surface area contributed by atoms with Gasteiger partial charge in [0.1, 0.15) is 28.0 Å². The summed E-state index contributed by atoms with van der Waals surface area (Å²) >= 11 is 1.09. The van der Waals surface area contributed by atoms with Gasteiger partial charge in [-0.1, -0.05) is 12.1 Å². The number of aromatic nitrogens is 1. The van der Waals surface area contributed by atoms with Crippen LogP contribution in [0.1, 0.15) is 34.5 Å². The molecule has 2 aliphatic rings. The van der Waals surface area contributed by atoms with Crippen molar-refractivity contribution in [2.45, 2.75) is 25.4 Å². The maximum Gasteiger partial charge on any atom is 0.322 e. The molecule has 132 valence electrons. The van der Waals surface area contributed by atoms with Crippen LogP contribution in [0, 0.1) is 18.3 Å². The largest absolute Gasteiger partial charge is 0.484 e. The summed E-state index contributed by atoms with van der Waals surface area (Å²) in [6.45, 7) is 2.55. The van der Waals surface area contributed by atoms with E-state index >= 15 is 0 Å². The van der Waals surface area contributed by atoms with Gasteiger partial charge in [0.2, 0.25) is 0 Å². The van der Waals surface area contributed by atoms with Crippen LogP contribution in [-0.2, 0) is 0 Å². The molecule has 2 amide bonds. The van der Waals surface area contributed by atoms with Crippen LogP contribution in [0.25, 0.3) is 0 Å². The zero-order valence-corrected chi connectivity index (χ0v) is 14.9. The first kappa shape index (κ1) is 16.5. The summed E-state index contributed by atoms with van der Waals surface area (Å²) in [4.78, 5) is 26.7. The number of ether oxygens (including phenoxy) is 1. The van der Waals surface area contributed by atoms with Crippen molar-refractivity contribution in [1.82, 2.24) is 9.27 Å². The predicted octanol–water partition coefficient (Wildman–Crippen LogP) is 2.97. The monoisotopic (exact) mass is 368 g/mol. The van der Waals surface area contributed by atoms with Crippen LogP contribution >= 0.6 is 11.5 Å². The average Bonchev–Trinajstić information content (AvgIpc) is 3.18. The Balaban J connectivity index is 1.50. The lowest BCUT2D eigenvalue weighted by Crippen LogP contribution is -2.45. The molecule has 1 unspecified atom stereocenters. The van der Waals surface area contributed by atoms with Crippen molar-refractivity contribution in [2.24, 2.45) is 0 Å². The number of para-hydroxylation sites is 1. The molecule has 26 heavy (non-hydrogen) atoms. The van der Waals surface area contributed by atoms with Gasteiger partial charge < -0.3 is 9.64 Å². The fourth-order valence-corrected chi connectivity index (χ4v) is 4.19. The number of hydrogen-bond acceptors (Lipinski definition) is 6. The van der Waals surface area contributed by atoms with Crippen LogP contribution in [0.5, 0.6) is 5.75 Å². The van der Waals surface area contributed by atoms with E-state index in [9.17, 15) is 14.9 Å². The quantitative estimate of drug-likeness (QED) is 0.835. The Hall–Kier alpha value is -2.92. The molecule has 1 N–H and O–H groups in total. The van der Waals surface area contributed by atoms with Crippen molar-refractivity contribution in [3.63, 3.8) is 0 Å². The number of nitriles is 1. The minimum absolute atomic E-state index is 0.0407. The van der Waals surface area contributed by atoms with Crippen LogP contribution in [0.15, 0.2) is 24.3 Å². The SMILES string of the molecule is Cc1nsc(NC(=O)N2CCC3(CC(=O)c4ccccc4O3)C2)c1C#N. The first-order valence-corrected chi connectivity index (χ1v) is 9.02. The van der Waals surface area contributed by atoms with E-state index in [1.807, 2.05) is 12.1 Å². The lowest BCUT2D eigenvalue weighted by molar-refractivity contribution is 0.0482. The molecule has 0 bridgehead atoms. The van der Waals surface area contributed by atoms with Gasteiger partial charge in [-0.3, -0.25) is 10.1 Å². The first-order valence-electron chi connectivity index (χ1n) is 8.25. The van der Waals surface area contributed by atoms with Gasteiger partial charge in [0.25, 0.3) is 0 Å². The van der Waals surface area contributed by atoms with Crippen LogP contribution in [0.4, 0.5) is 9.80 Å². The summed E-state index contributed by atoms with van der Waals surface area (Å²) in [6, 6.07) is 8.95. The van der Waals surface area contributed by atoms with Crippen molar-refractivity contribution in [3.05, 3.63) is 41.1 Å². The van der Waals surface area contributed by atoms with Gasteiger partial charge in [0.05, 0.1) is 24.2 Å². The summed E-state index contributed by atoms with van der Waals surface area (Å²) < 4.78 is 10.2. The number of carbonyl (C=O) groups is 2. The summed E-state index contributed by atoms with van der Waals surface area (Å²) in [6.07, 6.45) is 0.851. The number of anilines is 1. The summed E-state index contributed by atoms with van der Waals surface area (Å²) in [5, 5.41) is 12.4. The summed E-state index contributed by atoms with van der Waals surface area (Å²) in [5.41, 5.74) is 0.906. The number of nitrogens with zero attached hydrogens (tertiary/aromatic N) is 3. The Labute approximate surface area is 154 Å². The summed E-state index contributed by atoms with van der Waals surface area (Å²) in [5.74, 6) is 0.620. The number of rotatable bonds is 1. The van der Waals surface area contributed by atoms with Crippen LogP contribution in [-0.4, -0.2) is 39.8 Å². The molecule has 0 saturated carbocycles. The second kappa shape index (κ2) is 6.11. The first-order chi connectivity index (χ1) is 12.5. The number of fused-ring (bicyclic) bond motifs is 1. The topological polar surface area (TPSA) is 95.3 Å². The zero-order chi connectivity index (χ0) is 18.3. The standard InChI is InChI=1S/C18H16N4O3S/c1-11-13(9-19)16(26-21-11)20-17(24)22-7-6-18(10-22)8-14(23)12-4-2-3-5-15(12)25-18/h2-5H,6-8,10H2,1H3,(H,20,24). The minimum Gasteiger partial charge on any atom is -0.484 e. The van der Waals surface area contributed by atoms with E-state index in [0.29, 0.717) is 47.1 Å². The molecule has 1 fully saturated rings. The van der Waals surface area contributed by atoms with E-state index < -0.39 is 5.60 Å². The normalized spacial score (nSPS) is 21.2. The van der Waals surface area contributed by atoms with Gasteiger partial charge in [0, 0.05) is 13.0 Å². The van der Waals surface area contributed by atoms with Gasteiger partial charge in [-0.2, -0.15) is 9.64 Å². The third-order valence-electron chi connectivity index (χ3n) is 4.80. The number of nitrogens with one attached hydrogen (secondary N) is 1. The fraction of sp³-hybridized carbons (Fsp3) is 0.333. The Kier molecular flexibility index (Phi) is 3.89. The third-order valence-corrected chi connectivity index (χ3v) is 5.65. The third kappa shape index (κ3) is 2.70. The van der Waals surface area contributed by atoms with Gasteiger partial charge >= 0.3 is 6.03 Å². The van der Waals surface area contributed by atoms with Crippen molar-refractivity contribution < 1.29 is 14.3 Å². The maximum absolute atomic E-state index is 12.6. The highest BCUT2D eigenvalue weighted by Crippen LogP contribution is 2.38. The molecule has 7 nitrogen and oxygen atoms in total. The highest BCUT2D eigenvalue weighted by Gasteiger charge is 2.47. The van der Waals surface area contributed by atoms with E-state index in [1.165, 1.54) is 0 Å². The molecule has 4 rings (SSSR count). The van der Waals surface area contributed by atoms with Gasteiger partial charge in [-0.05, 0) is 30.6 Å². The number of Topliss-reactive ketones (excluding diaryl/α,β-unsaturated/α-hetero) is 1. The molecule has 1 spiro atoms. The molecule has 1 aromatic heterocycles. The van der Waals surface area contributed by atoms with Crippen LogP contribution < -0.4 is 10.1 Å². The molecule has 8 heteroatoms. The van der Waals surface area contributed by atoms with E-state index in [4.69, 9.17) is 4.74 Å². The number of benzene rings is 1. The molecule has 1 aromatic carbocycles. The molecular weight excluding hydrogens is 352 g/mol. The van der Waals surface area contributed by atoms with Gasteiger partial charge in [0.15, 0.2) is 5.78 Å². The highest BCUT2D eigenvalue weighted by atomic mass is 32.1. The Morgan fingerprint density at radius 2 is 2.27 bits per heavy atom. The van der Waals surface area contributed by atoms with Crippen molar-refractivity contribution in [3.8, 4) is 11.8 Å². The van der Waals surface area contributed by atoms with Crippen LogP contribution in [0.3, 0.4) is 0 Å². The van der Waals surface area contributed by atoms with Crippen molar-refractivity contribution >= 4 is 28.3 Å². The molecule has 1 atom stereocenters. The average molecular weight is 368 g/mol. The lowest BCUT2D eigenvalue weighted by atomic mass is 9.89. The van der Waals surface area contributed by atoms with Crippen LogP contribution in [0.2, 0.25) is 0 Å². The molecule has 3 heterocycles. The number of hydrogen-bond donors (Lipinski definition) is 1. The molecule has 0 aliphatic carbocycles. The highest BCUT2D eigenvalue weighted by molar-refractivity contribution is 7.10. The van der Waals surface area contributed by atoms with Crippen molar-refractivity contribution in [1.29, 1.82) is 5.26 Å². The zero-order valence-electron chi connectivity index (χ0n) is 14.1. The predicted molar refractivity (Wildman–Crippen MR) is 95.5 cm³/mol. The fourth-order valence-electron chi connectivity index (χ4n) is 3.45. The lowest BCUT2D eigenvalue weighted by Gasteiger charge is -2.34. The Bertz CT molecular complexity index is 948. The molecule has 0 radical (unpaired) electrons. The second-order valence-electron chi connectivity index (χ2n) is 6.57. The number of carbonyl (C=O) groups excluding carboxylic acids is 2. The molecular formula is C18H16N4O3S.